The van der Waals surface area contributed by atoms with Gasteiger partial charge in [0.05, 0.1) is 0 Å². The van der Waals surface area contributed by atoms with Gasteiger partial charge in [0.1, 0.15) is 11.7 Å². The van der Waals surface area contributed by atoms with E-state index in [2.05, 4.69) is 108 Å². The highest BCUT2D eigenvalue weighted by molar-refractivity contribution is 6.08. The van der Waals surface area contributed by atoms with Gasteiger partial charge in [0.25, 0.3) is 0 Å². The minimum atomic E-state index is -0.399. The maximum absolute atomic E-state index is 13.2. The first-order valence-electron chi connectivity index (χ1n) is 11.4. The van der Waals surface area contributed by atoms with Gasteiger partial charge in [-0.1, -0.05) is 102 Å². The van der Waals surface area contributed by atoms with Crippen LogP contribution in [-0.2, 0) is 15.6 Å². The molecule has 1 aliphatic rings. The molecule has 0 fully saturated rings. The average Bonchev–Trinajstić information content (AvgIpc) is 3.06. The van der Waals surface area contributed by atoms with Crippen LogP contribution in [0.25, 0.3) is 21.5 Å². The van der Waals surface area contributed by atoms with Crippen molar-refractivity contribution in [3.05, 3.63) is 89.0 Å². The fourth-order valence-corrected chi connectivity index (χ4v) is 4.78. The average molecular weight is 423 g/mol. The Kier molecular flexibility index (Phi) is 4.50. The Morgan fingerprint density at radius 2 is 1.41 bits per heavy atom. The van der Waals surface area contributed by atoms with Crippen LogP contribution < -0.4 is 4.74 Å². The van der Waals surface area contributed by atoms with Crippen LogP contribution in [0.5, 0.6) is 5.75 Å². The van der Waals surface area contributed by atoms with E-state index in [1.807, 2.05) is 0 Å². The molecule has 0 N–H and O–H groups in total. The van der Waals surface area contributed by atoms with Crippen molar-refractivity contribution in [1.29, 1.82) is 0 Å². The van der Waals surface area contributed by atoms with Gasteiger partial charge in [0.2, 0.25) is 0 Å². The predicted molar refractivity (Wildman–Crippen MR) is 133 cm³/mol. The molecule has 0 aromatic heterocycles. The molecule has 0 bridgehead atoms. The van der Waals surface area contributed by atoms with Gasteiger partial charge in [-0.05, 0) is 49.6 Å². The third-order valence-electron chi connectivity index (χ3n) is 6.64. The van der Waals surface area contributed by atoms with Crippen molar-refractivity contribution in [2.45, 2.75) is 58.3 Å². The van der Waals surface area contributed by atoms with Gasteiger partial charge in [-0.15, -0.1) is 0 Å². The van der Waals surface area contributed by atoms with Crippen LogP contribution in [-0.4, -0.2) is 5.97 Å². The van der Waals surface area contributed by atoms with E-state index in [1.54, 1.807) is 0 Å². The highest BCUT2D eigenvalue weighted by Gasteiger charge is 2.39. The normalized spacial score (nSPS) is 16.4. The van der Waals surface area contributed by atoms with Crippen molar-refractivity contribution < 1.29 is 9.53 Å². The molecule has 0 spiro atoms. The summed E-state index contributed by atoms with van der Waals surface area (Å²) in [4.78, 5) is 13.2. The number of hydrogen-bond acceptors (Lipinski definition) is 2. The lowest BCUT2D eigenvalue weighted by Gasteiger charge is -2.27. The first-order valence-corrected chi connectivity index (χ1v) is 11.4. The summed E-state index contributed by atoms with van der Waals surface area (Å²) in [6, 6.07) is 23.5. The molecular formula is C30H30O2. The van der Waals surface area contributed by atoms with E-state index in [0.29, 0.717) is 0 Å². The van der Waals surface area contributed by atoms with Gasteiger partial charge >= 0.3 is 5.97 Å². The summed E-state index contributed by atoms with van der Waals surface area (Å²) in [5, 5.41) is 4.81. The summed E-state index contributed by atoms with van der Waals surface area (Å²) in [6.07, 6.45) is 0. The van der Waals surface area contributed by atoms with Crippen LogP contribution in [0.15, 0.2) is 66.7 Å². The topological polar surface area (TPSA) is 26.3 Å². The summed E-state index contributed by atoms with van der Waals surface area (Å²) in [7, 11) is 0. The van der Waals surface area contributed by atoms with Crippen molar-refractivity contribution >= 4 is 27.5 Å². The quantitative estimate of drug-likeness (QED) is 0.179. The van der Waals surface area contributed by atoms with Crippen molar-refractivity contribution in [3.8, 4) is 5.75 Å². The van der Waals surface area contributed by atoms with Crippen molar-refractivity contribution in [1.82, 2.24) is 0 Å². The summed E-state index contributed by atoms with van der Waals surface area (Å²) in [5.41, 5.74) is 4.17. The Hall–Kier alpha value is -3.13. The lowest BCUT2D eigenvalue weighted by molar-refractivity contribution is -0.133. The molecule has 4 aromatic rings. The fraction of sp³-hybridized carbons (Fsp3) is 0.300. The predicted octanol–water partition coefficient (Wildman–Crippen LogP) is 7.64. The van der Waals surface area contributed by atoms with E-state index < -0.39 is 5.92 Å². The summed E-state index contributed by atoms with van der Waals surface area (Å²) >= 11 is 0. The minimum absolute atomic E-state index is 0.0203. The zero-order valence-corrected chi connectivity index (χ0v) is 19.7. The largest absolute Gasteiger partial charge is 0.425 e. The second-order valence-corrected chi connectivity index (χ2v) is 11.1. The molecule has 2 nitrogen and oxygen atoms in total. The van der Waals surface area contributed by atoms with Gasteiger partial charge in [0.15, 0.2) is 0 Å². The molecule has 32 heavy (non-hydrogen) atoms. The van der Waals surface area contributed by atoms with E-state index in [4.69, 9.17) is 4.74 Å². The molecule has 0 saturated heterocycles. The number of hydrogen-bond donors (Lipinski definition) is 0. The Bertz CT molecular complexity index is 1380. The number of rotatable bonds is 1. The molecule has 0 amide bonds. The highest BCUT2D eigenvalue weighted by atomic mass is 16.5. The van der Waals surface area contributed by atoms with E-state index in [9.17, 15) is 4.79 Å². The van der Waals surface area contributed by atoms with E-state index >= 15 is 0 Å². The standard InChI is InChI=1S/C30H30O2/c1-29(2,3)21-16-24-26(28(31)32-27(24)25(17-21)30(4,5)6)20-13-14-23-19(15-20)12-11-18-9-7-8-10-22(18)23/h7-17,26H,1-6H3. The summed E-state index contributed by atoms with van der Waals surface area (Å²) in [5.74, 6) is 0.167. The Labute approximate surface area is 190 Å². The molecule has 4 aromatic carbocycles. The second-order valence-electron chi connectivity index (χ2n) is 11.1. The van der Waals surface area contributed by atoms with Crippen LogP contribution in [0.4, 0.5) is 0 Å². The molecule has 1 heterocycles. The minimum Gasteiger partial charge on any atom is -0.425 e. The number of benzene rings is 4. The third-order valence-corrected chi connectivity index (χ3v) is 6.64. The molecule has 5 rings (SSSR count). The number of esters is 1. The molecule has 1 atom stereocenters. The molecule has 1 aliphatic heterocycles. The SMILES string of the molecule is CC(C)(C)c1cc2c(c(C(C)(C)C)c1)OC(=O)C2c1ccc2c(ccc3ccccc32)c1. The van der Waals surface area contributed by atoms with E-state index in [0.717, 1.165) is 27.8 Å². The number of fused-ring (bicyclic) bond motifs is 4. The summed E-state index contributed by atoms with van der Waals surface area (Å²) < 4.78 is 5.94. The molecule has 2 heteroatoms. The second kappa shape index (κ2) is 6.93. The number of carbonyl (C=O) groups excluding carboxylic acids is 1. The van der Waals surface area contributed by atoms with E-state index in [1.165, 1.54) is 21.7 Å². The fourth-order valence-electron chi connectivity index (χ4n) is 4.78. The Morgan fingerprint density at radius 3 is 2.12 bits per heavy atom. The zero-order chi connectivity index (χ0) is 22.8. The Balaban J connectivity index is 1.72. The number of carbonyl (C=O) groups is 1. The number of ether oxygens (including phenoxy) is 1. The van der Waals surface area contributed by atoms with Crippen molar-refractivity contribution in [3.63, 3.8) is 0 Å². The molecule has 1 unspecified atom stereocenters. The summed E-state index contributed by atoms with van der Waals surface area (Å²) in [6.45, 7) is 13.2. The van der Waals surface area contributed by atoms with Crippen LogP contribution in [0.3, 0.4) is 0 Å². The van der Waals surface area contributed by atoms with Gasteiger partial charge in [0, 0.05) is 11.1 Å². The molecular weight excluding hydrogens is 392 g/mol. The molecule has 0 saturated carbocycles. The van der Waals surface area contributed by atoms with Crippen LogP contribution in [0, 0.1) is 0 Å². The zero-order valence-electron chi connectivity index (χ0n) is 19.7. The molecule has 162 valence electrons. The lowest BCUT2D eigenvalue weighted by atomic mass is 9.77. The maximum atomic E-state index is 13.2. The van der Waals surface area contributed by atoms with Crippen LogP contribution in [0.1, 0.15) is 69.7 Å². The van der Waals surface area contributed by atoms with Crippen molar-refractivity contribution in [2.24, 2.45) is 0 Å². The van der Waals surface area contributed by atoms with Crippen molar-refractivity contribution in [2.75, 3.05) is 0 Å². The third kappa shape index (κ3) is 3.30. The monoisotopic (exact) mass is 422 g/mol. The van der Waals surface area contributed by atoms with Gasteiger partial charge < -0.3 is 4.74 Å². The Morgan fingerprint density at radius 1 is 0.719 bits per heavy atom. The first-order chi connectivity index (χ1) is 15.0. The van der Waals surface area contributed by atoms with E-state index in [-0.39, 0.29) is 16.8 Å². The first kappa shape index (κ1) is 20.8. The van der Waals surface area contributed by atoms with Gasteiger partial charge in [-0.2, -0.15) is 0 Å². The smallest absolute Gasteiger partial charge is 0.323 e. The highest BCUT2D eigenvalue weighted by Crippen LogP contribution is 2.47. The van der Waals surface area contributed by atoms with Crippen LogP contribution >= 0.6 is 0 Å². The maximum Gasteiger partial charge on any atom is 0.323 e. The van der Waals surface area contributed by atoms with Gasteiger partial charge in [-0.25, -0.2) is 0 Å². The van der Waals surface area contributed by atoms with Gasteiger partial charge in [-0.3, -0.25) is 4.79 Å². The lowest BCUT2D eigenvalue weighted by Crippen LogP contribution is -2.17. The van der Waals surface area contributed by atoms with Crippen LogP contribution in [0.2, 0.25) is 0 Å². The molecule has 0 aliphatic carbocycles. The molecule has 0 radical (unpaired) electrons.